The van der Waals surface area contributed by atoms with Crippen LogP contribution in [-0.2, 0) is 9.53 Å². The molecule has 0 aliphatic carbocycles. The summed E-state index contributed by atoms with van der Waals surface area (Å²) in [5, 5.41) is 8.42. The number of aliphatic hydroxyl groups is 1. The van der Waals surface area contributed by atoms with Crippen LogP contribution in [0, 0.1) is 0 Å². The Bertz CT molecular complexity index is 174. The standard InChI is InChI=1S/C14H28O3.Na/c1-2-3-4-5-6-7-8-9-10-11-12-17-14(16)13-15;/h15H,2-13H2,1H3;. The number of esters is 1. The molecule has 0 heterocycles. The van der Waals surface area contributed by atoms with Crippen molar-refractivity contribution in [2.45, 2.75) is 71.1 Å². The van der Waals surface area contributed by atoms with Gasteiger partial charge in [0.1, 0.15) is 6.61 Å². The van der Waals surface area contributed by atoms with E-state index in [2.05, 4.69) is 6.92 Å². The fourth-order valence-corrected chi connectivity index (χ4v) is 1.82. The summed E-state index contributed by atoms with van der Waals surface area (Å²) in [4.78, 5) is 10.6. The predicted octanol–water partition coefficient (Wildman–Crippen LogP) is 3.06. The molecular formula is C14H28NaO3. The smallest absolute Gasteiger partial charge is 0.331 e. The third kappa shape index (κ3) is 16.4. The van der Waals surface area contributed by atoms with E-state index in [0.29, 0.717) is 6.61 Å². The van der Waals surface area contributed by atoms with Crippen molar-refractivity contribution in [2.75, 3.05) is 13.2 Å². The van der Waals surface area contributed by atoms with Crippen LogP contribution in [0.25, 0.3) is 0 Å². The zero-order valence-corrected chi connectivity index (χ0v) is 14.2. The molecule has 0 saturated heterocycles. The SMILES string of the molecule is CCCCCCCCCCCCOC(=O)CO.[Na]. The van der Waals surface area contributed by atoms with Crippen molar-refractivity contribution in [1.29, 1.82) is 0 Å². The monoisotopic (exact) mass is 267 g/mol. The van der Waals surface area contributed by atoms with E-state index in [0.717, 1.165) is 12.8 Å². The van der Waals surface area contributed by atoms with Crippen LogP contribution >= 0.6 is 0 Å². The normalized spacial score (nSPS) is 9.89. The van der Waals surface area contributed by atoms with E-state index in [-0.39, 0.29) is 29.6 Å². The Morgan fingerprint density at radius 3 is 1.78 bits per heavy atom. The summed E-state index contributed by atoms with van der Waals surface area (Å²) >= 11 is 0. The second kappa shape index (κ2) is 17.4. The molecule has 0 rings (SSSR count). The Hall–Kier alpha value is 0.430. The summed E-state index contributed by atoms with van der Waals surface area (Å²) in [7, 11) is 0. The summed E-state index contributed by atoms with van der Waals surface area (Å²) in [6, 6.07) is 0. The van der Waals surface area contributed by atoms with Crippen LogP contribution in [0.5, 0.6) is 0 Å². The average Bonchev–Trinajstić information content (AvgIpc) is 2.35. The summed E-state index contributed by atoms with van der Waals surface area (Å²) in [5.74, 6) is -0.513. The van der Waals surface area contributed by atoms with Crippen LogP contribution in [0.3, 0.4) is 0 Å². The number of ether oxygens (including phenoxy) is 1. The van der Waals surface area contributed by atoms with E-state index in [1.165, 1.54) is 51.4 Å². The second-order valence-corrected chi connectivity index (χ2v) is 4.56. The van der Waals surface area contributed by atoms with E-state index in [1.807, 2.05) is 0 Å². The van der Waals surface area contributed by atoms with Crippen molar-refractivity contribution in [3.8, 4) is 0 Å². The largest absolute Gasteiger partial charge is 0.464 e. The maximum atomic E-state index is 10.6. The van der Waals surface area contributed by atoms with Crippen LogP contribution in [0.1, 0.15) is 71.1 Å². The van der Waals surface area contributed by atoms with Crippen LogP contribution in [0.4, 0.5) is 0 Å². The average molecular weight is 267 g/mol. The first-order chi connectivity index (χ1) is 8.31. The van der Waals surface area contributed by atoms with Gasteiger partial charge in [0.2, 0.25) is 0 Å². The molecule has 0 unspecified atom stereocenters. The molecule has 0 aromatic carbocycles. The van der Waals surface area contributed by atoms with Crippen molar-refractivity contribution in [1.82, 2.24) is 0 Å². The summed E-state index contributed by atoms with van der Waals surface area (Å²) in [6.45, 7) is 2.19. The van der Waals surface area contributed by atoms with Gasteiger partial charge in [0.05, 0.1) is 6.61 Å². The molecule has 3 nitrogen and oxygen atoms in total. The summed E-state index contributed by atoms with van der Waals surface area (Å²) in [6.07, 6.45) is 12.7. The Balaban J connectivity index is 0. The molecule has 0 saturated carbocycles. The van der Waals surface area contributed by atoms with Gasteiger partial charge in [-0.05, 0) is 6.42 Å². The zero-order chi connectivity index (χ0) is 12.8. The van der Waals surface area contributed by atoms with E-state index in [9.17, 15) is 4.79 Å². The molecule has 0 bridgehead atoms. The van der Waals surface area contributed by atoms with E-state index < -0.39 is 12.6 Å². The van der Waals surface area contributed by atoms with Gasteiger partial charge in [0.25, 0.3) is 0 Å². The summed E-state index contributed by atoms with van der Waals surface area (Å²) < 4.78 is 4.77. The molecule has 103 valence electrons. The van der Waals surface area contributed by atoms with Gasteiger partial charge in [-0.3, -0.25) is 0 Å². The first-order valence-electron chi connectivity index (χ1n) is 7.07. The first kappa shape index (κ1) is 20.7. The van der Waals surface area contributed by atoms with Crippen molar-refractivity contribution in [3.05, 3.63) is 0 Å². The molecule has 0 fully saturated rings. The minimum atomic E-state index is -0.513. The molecular weight excluding hydrogens is 239 g/mol. The minimum absolute atomic E-state index is 0. The fraction of sp³-hybridized carbons (Fsp3) is 0.929. The van der Waals surface area contributed by atoms with E-state index in [4.69, 9.17) is 9.84 Å². The number of carbonyl (C=O) groups is 1. The van der Waals surface area contributed by atoms with Crippen LogP contribution in [0.15, 0.2) is 0 Å². The Morgan fingerprint density at radius 1 is 0.889 bits per heavy atom. The molecule has 0 aromatic heterocycles. The number of unbranched alkanes of at least 4 members (excludes halogenated alkanes) is 9. The number of hydrogen-bond acceptors (Lipinski definition) is 3. The zero-order valence-electron chi connectivity index (χ0n) is 12.2. The van der Waals surface area contributed by atoms with Crippen molar-refractivity contribution < 1.29 is 14.6 Å². The third-order valence-corrected chi connectivity index (χ3v) is 2.89. The van der Waals surface area contributed by atoms with Gasteiger partial charge >= 0.3 is 5.97 Å². The Kier molecular flexibility index (Phi) is 20.1. The topological polar surface area (TPSA) is 46.5 Å². The molecule has 18 heavy (non-hydrogen) atoms. The molecule has 0 aliphatic heterocycles. The van der Waals surface area contributed by atoms with Crippen LogP contribution < -0.4 is 0 Å². The molecule has 0 spiro atoms. The minimum Gasteiger partial charge on any atom is -0.464 e. The fourth-order valence-electron chi connectivity index (χ4n) is 1.82. The van der Waals surface area contributed by atoms with Crippen LogP contribution in [0.2, 0.25) is 0 Å². The third-order valence-electron chi connectivity index (χ3n) is 2.89. The van der Waals surface area contributed by atoms with Crippen molar-refractivity contribution in [3.63, 3.8) is 0 Å². The van der Waals surface area contributed by atoms with E-state index in [1.54, 1.807) is 0 Å². The molecule has 0 aromatic rings. The molecule has 4 heteroatoms. The van der Waals surface area contributed by atoms with Gasteiger partial charge in [-0.1, -0.05) is 64.7 Å². The number of aliphatic hydroxyl groups excluding tert-OH is 1. The summed E-state index contributed by atoms with van der Waals surface area (Å²) in [5.41, 5.74) is 0. The van der Waals surface area contributed by atoms with Gasteiger partial charge < -0.3 is 9.84 Å². The Morgan fingerprint density at radius 2 is 1.33 bits per heavy atom. The van der Waals surface area contributed by atoms with Crippen molar-refractivity contribution in [2.24, 2.45) is 0 Å². The van der Waals surface area contributed by atoms with Crippen molar-refractivity contribution >= 4 is 35.5 Å². The molecule has 0 aliphatic rings. The molecule has 0 atom stereocenters. The number of carbonyl (C=O) groups excluding carboxylic acids is 1. The number of rotatable bonds is 12. The maximum Gasteiger partial charge on any atom is 0.331 e. The maximum absolute atomic E-state index is 10.6. The number of hydrogen-bond donors (Lipinski definition) is 1. The second-order valence-electron chi connectivity index (χ2n) is 4.56. The molecule has 0 amide bonds. The predicted molar refractivity (Wildman–Crippen MR) is 75.6 cm³/mol. The van der Waals surface area contributed by atoms with Gasteiger partial charge in [-0.25, -0.2) is 4.79 Å². The molecule has 1 N–H and O–H groups in total. The van der Waals surface area contributed by atoms with E-state index >= 15 is 0 Å². The first-order valence-corrected chi connectivity index (χ1v) is 7.07. The molecule has 1 radical (unpaired) electrons. The Labute approximate surface area is 134 Å². The van der Waals surface area contributed by atoms with Gasteiger partial charge in [-0.15, -0.1) is 0 Å². The van der Waals surface area contributed by atoms with Gasteiger partial charge in [0.15, 0.2) is 0 Å². The quantitative estimate of drug-likeness (QED) is 0.336. The van der Waals surface area contributed by atoms with Gasteiger partial charge in [0, 0.05) is 29.6 Å². The van der Waals surface area contributed by atoms with Crippen LogP contribution in [-0.4, -0.2) is 53.8 Å². The van der Waals surface area contributed by atoms with Gasteiger partial charge in [-0.2, -0.15) is 0 Å².